The first kappa shape index (κ1) is 13.1. The van der Waals surface area contributed by atoms with Crippen LogP contribution in [0, 0.1) is 0 Å². The maximum absolute atomic E-state index is 12.0. The number of thiophene rings is 1. The SMILES string of the molecule is O=c1[nH]c2ccccc2cc1CNCCc1cccs1. The Hall–Kier alpha value is -1.91. The van der Waals surface area contributed by atoms with Gasteiger partial charge in [0.05, 0.1) is 0 Å². The Morgan fingerprint density at radius 1 is 1.15 bits per heavy atom. The van der Waals surface area contributed by atoms with Crippen LogP contribution in [0.5, 0.6) is 0 Å². The Morgan fingerprint density at radius 3 is 2.90 bits per heavy atom. The number of aromatic amines is 1. The summed E-state index contributed by atoms with van der Waals surface area (Å²) in [5.74, 6) is 0. The summed E-state index contributed by atoms with van der Waals surface area (Å²) in [5, 5.41) is 6.49. The fourth-order valence-corrected chi connectivity index (χ4v) is 2.92. The van der Waals surface area contributed by atoms with Crippen LogP contribution in [0.25, 0.3) is 10.9 Å². The summed E-state index contributed by atoms with van der Waals surface area (Å²) in [5.41, 5.74) is 1.67. The molecule has 0 bridgehead atoms. The second-order valence-corrected chi connectivity index (χ2v) is 5.75. The number of aromatic nitrogens is 1. The summed E-state index contributed by atoms with van der Waals surface area (Å²) in [7, 11) is 0. The van der Waals surface area contributed by atoms with E-state index in [0.29, 0.717) is 6.54 Å². The fourth-order valence-electron chi connectivity index (χ4n) is 2.21. The highest BCUT2D eigenvalue weighted by Crippen LogP contribution is 2.10. The fraction of sp³-hybridized carbons (Fsp3) is 0.188. The van der Waals surface area contributed by atoms with Crippen LogP contribution in [-0.4, -0.2) is 11.5 Å². The molecule has 0 aliphatic heterocycles. The monoisotopic (exact) mass is 284 g/mol. The quantitative estimate of drug-likeness (QED) is 0.708. The first-order chi connectivity index (χ1) is 9.83. The smallest absolute Gasteiger partial charge is 0.252 e. The number of rotatable bonds is 5. The van der Waals surface area contributed by atoms with E-state index < -0.39 is 0 Å². The number of nitrogens with one attached hydrogen (secondary N) is 2. The van der Waals surface area contributed by atoms with Crippen LogP contribution >= 0.6 is 11.3 Å². The highest BCUT2D eigenvalue weighted by molar-refractivity contribution is 7.09. The Balaban J connectivity index is 1.65. The first-order valence-corrected chi connectivity index (χ1v) is 7.55. The predicted octanol–water partition coefficient (Wildman–Crippen LogP) is 2.92. The molecule has 0 amide bonds. The molecule has 0 saturated carbocycles. The van der Waals surface area contributed by atoms with E-state index in [9.17, 15) is 4.79 Å². The molecule has 102 valence electrons. The minimum atomic E-state index is -0.00711. The van der Waals surface area contributed by atoms with Gasteiger partial charge in [-0.25, -0.2) is 0 Å². The Kier molecular flexibility index (Phi) is 3.95. The number of hydrogen-bond donors (Lipinski definition) is 2. The lowest BCUT2D eigenvalue weighted by Crippen LogP contribution is -2.22. The molecule has 3 nitrogen and oxygen atoms in total. The van der Waals surface area contributed by atoms with Crippen LogP contribution in [-0.2, 0) is 13.0 Å². The molecule has 0 aliphatic carbocycles. The molecular formula is C16H16N2OS. The van der Waals surface area contributed by atoms with Gasteiger partial charge >= 0.3 is 0 Å². The zero-order valence-electron chi connectivity index (χ0n) is 11.1. The van der Waals surface area contributed by atoms with Crippen LogP contribution in [0.1, 0.15) is 10.4 Å². The highest BCUT2D eigenvalue weighted by atomic mass is 32.1. The lowest BCUT2D eigenvalue weighted by molar-refractivity contribution is 0.686. The van der Waals surface area contributed by atoms with Crippen molar-refractivity contribution in [3.63, 3.8) is 0 Å². The molecular weight excluding hydrogens is 268 g/mol. The number of para-hydroxylation sites is 1. The molecule has 0 aliphatic rings. The summed E-state index contributed by atoms with van der Waals surface area (Å²) in [6.45, 7) is 1.48. The van der Waals surface area contributed by atoms with Crippen molar-refractivity contribution in [2.45, 2.75) is 13.0 Å². The van der Waals surface area contributed by atoms with Gasteiger partial charge in [-0.1, -0.05) is 24.3 Å². The van der Waals surface area contributed by atoms with E-state index in [-0.39, 0.29) is 5.56 Å². The third-order valence-electron chi connectivity index (χ3n) is 3.27. The van der Waals surface area contributed by atoms with Crippen molar-refractivity contribution in [2.75, 3.05) is 6.54 Å². The molecule has 1 aromatic carbocycles. The van der Waals surface area contributed by atoms with E-state index >= 15 is 0 Å². The van der Waals surface area contributed by atoms with Crippen molar-refractivity contribution >= 4 is 22.2 Å². The molecule has 0 spiro atoms. The maximum atomic E-state index is 12.0. The summed E-state index contributed by atoms with van der Waals surface area (Å²) in [6, 6.07) is 14.0. The van der Waals surface area contributed by atoms with Gasteiger partial charge in [0, 0.05) is 29.0 Å². The van der Waals surface area contributed by atoms with Crippen molar-refractivity contribution in [3.05, 3.63) is 68.6 Å². The van der Waals surface area contributed by atoms with Crippen molar-refractivity contribution in [1.82, 2.24) is 10.3 Å². The minimum Gasteiger partial charge on any atom is -0.322 e. The molecule has 2 heterocycles. The van der Waals surface area contributed by atoms with Gasteiger partial charge in [-0.15, -0.1) is 11.3 Å². The molecule has 0 atom stereocenters. The summed E-state index contributed by atoms with van der Waals surface area (Å²) < 4.78 is 0. The zero-order chi connectivity index (χ0) is 13.8. The molecule has 4 heteroatoms. The first-order valence-electron chi connectivity index (χ1n) is 6.67. The zero-order valence-corrected chi connectivity index (χ0v) is 11.9. The minimum absolute atomic E-state index is 0.00711. The molecule has 3 aromatic rings. The molecule has 0 fully saturated rings. The third-order valence-corrected chi connectivity index (χ3v) is 4.21. The second-order valence-electron chi connectivity index (χ2n) is 4.72. The molecule has 2 aromatic heterocycles. The van der Waals surface area contributed by atoms with E-state index in [0.717, 1.165) is 29.4 Å². The van der Waals surface area contributed by atoms with Gasteiger partial charge in [-0.05, 0) is 35.4 Å². The largest absolute Gasteiger partial charge is 0.322 e. The summed E-state index contributed by atoms with van der Waals surface area (Å²) >= 11 is 1.77. The summed E-state index contributed by atoms with van der Waals surface area (Å²) in [4.78, 5) is 16.2. The molecule has 0 unspecified atom stereocenters. The van der Waals surface area contributed by atoms with Gasteiger partial charge in [-0.3, -0.25) is 4.79 Å². The van der Waals surface area contributed by atoms with Gasteiger partial charge in [0.15, 0.2) is 0 Å². The number of benzene rings is 1. The normalized spacial score (nSPS) is 11.0. The Labute approximate surface area is 121 Å². The van der Waals surface area contributed by atoms with E-state index in [1.807, 2.05) is 30.3 Å². The van der Waals surface area contributed by atoms with Crippen molar-refractivity contribution in [3.8, 4) is 0 Å². The van der Waals surface area contributed by atoms with Crippen LogP contribution in [0.15, 0.2) is 52.6 Å². The van der Waals surface area contributed by atoms with Gasteiger partial charge < -0.3 is 10.3 Å². The lowest BCUT2D eigenvalue weighted by Gasteiger charge is -2.05. The van der Waals surface area contributed by atoms with Crippen molar-refractivity contribution in [2.24, 2.45) is 0 Å². The molecule has 3 rings (SSSR count). The van der Waals surface area contributed by atoms with Crippen LogP contribution in [0.3, 0.4) is 0 Å². The van der Waals surface area contributed by atoms with Gasteiger partial charge in [0.2, 0.25) is 0 Å². The van der Waals surface area contributed by atoms with E-state index in [1.54, 1.807) is 11.3 Å². The number of pyridine rings is 1. The summed E-state index contributed by atoms with van der Waals surface area (Å²) in [6.07, 6.45) is 1.00. The highest BCUT2D eigenvalue weighted by Gasteiger charge is 2.02. The van der Waals surface area contributed by atoms with E-state index in [4.69, 9.17) is 0 Å². The van der Waals surface area contributed by atoms with Gasteiger partial charge in [0.1, 0.15) is 0 Å². The molecule has 0 saturated heterocycles. The average molecular weight is 284 g/mol. The maximum Gasteiger partial charge on any atom is 0.252 e. The van der Waals surface area contributed by atoms with Crippen LogP contribution < -0.4 is 10.9 Å². The lowest BCUT2D eigenvalue weighted by atomic mass is 10.1. The van der Waals surface area contributed by atoms with E-state index in [1.165, 1.54) is 4.88 Å². The van der Waals surface area contributed by atoms with E-state index in [2.05, 4.69) is 27.8 Å². The average Bonchev–Trinajstić information content (AvgIpc) is 2.97. The van der Waals surface area contributed by atoms with Crippen LogP contribution in [0.4, 0.5) is 0 Å². The standard InChI is InChI=1S/C16H16N2OS/c19-16-13(10-12-4-1-2-6-15(12)18-16)11-17-8-7-14-5-3-9-20-14/h1-6,9-10,17H,7-8,11H2,(H,18,19). The second kappa shape index (κ2) is 6.03. The van der Waals surface area contributed by atoms with Crippen molar-refractivity contribution in [1.29, 1.82) is 0 Å². The topological polar surface area (TPSA) is 44.9 Å². The number of fused-ring (bicyclic) bond motifs is 1. The van der Waals surface area contributed by atoms with Crippen LogP contribution in [0.2, 0.25) is 0 Å². The van der Waals surface area contributed by atoms with Gasteiger partial charge in [0.25, 0.3) is 5.56 Å². The van der Waals surface area contributed by atoms with Gasteiger partial charge in [-0.2, -0.15) is 0 Å². The number of hydrogen-bond acceptors (Lipinski definition) is 3. The predicted molar refractivity (Wildman–Crippen MR) is 84.3 cm³/mol. The Morgan fingerprint density at radius 2 is 2.05 bits per heavy atom. The molecule has 20 heavy (non-hydrogen) atoms. The molecule has 0 radical (unpaired) electrons. The number of H-pyrrole nitrogens is 1. The van der Waals surface area contributed by atoms with Crippen molar-refractivity contribution < 1.29 is 0 Å². The third kappa shape index (κ3) is 2.98. The Bertz CT molecular complexity index is 747. The molecule has 2 N–H and O–H groups in total.